The molecule has 0 atom stereocenters. The van der Waals surface area contributed by atoms with Gasteiger partial charge in [0.1, 0.15) is 6.61 Å². The number of rotatable bonds is 5. The SMILES string of the molecule is COCC(=O)Nc1ccc(CNC(=O)C(F)(F)F)cc1. The summed E-state index contributed by atoms with van der Waals surface area (Å²) in [5.74, 6) is -2.33. The summed E-state index contributed by atoms with van der Waals surface area (Å²) in [5, 5.41) is 4.28. The first-order valence-corrected chi connectivity index (χ1v) is 5.55. The summed E-state index contributed by atoms with van der Waals surface area (Å²) >= 11 is 0. The van der Waals surface area contributed by atoms with Gasteiger partial charge in [-0.2, -0.15) is 13.2 Å². The first-order chi connectivity index (χ1) is 9.32. The molecule has 2 N–H and O–H groups in total. The van der Waals surface area contributed by atoms with Crippen LogP contribution in [0.1, 0.15) is 5.56 Å². The van der Waals surface area contributed by atoms with E-state index in [0.29, 0.717) is 11.3 Å². The second-order valence-electron chi connectivity index (χ2n) is 3.86. The number of hydrogen-bond acceptors (Lipinski definition) is 3. The zero-order valence-electron chi connectivity index (χ0n) is 10.6. The highest BCUT2D eigenvalue weighted by Crippen LogP contribution is 2.15. The Morgan fingerprint density at radius 2 is 1.80 bits per heavy atom. The summed E-state index contributed by atoms with van der Waals surface area (Å²) in [5.41, 5.74) is 0.963. The molecule has 0 spiro atoms. The fraction of sp³-hybridized carbons (Fsp3) is 0.333. The van der Waals surface area contributed by atoms with Crippen LogP contribution < -0.4 is 10.6 Å². The molecular formula is C12H13F3N2O3. The van der Waals surface area contributed by atoms with Crippen molar-refractivity contribution in [1.29, 1.82) is 0 Å². The van der Waals surface area contributed by atoms with Gasteiger partial charge in [0.05, 0.1) is 0 Å². The number of carbonyl (C=O) groups excluding carboxylic acids is 2. The average Bonchev–Trinajstić information content (AvgIpc) is 2.36. The standard InChI is InChI=1S/C12H13F3N2O3/c1-20-7-10(18)17-9-4-2-8(3-5-9)6-16-11(19)12(13,14)15/h2-5H,6-7H2,1H3,(H,16,19)(H,17,18). The van der Waals surface area contributed by atoms with E-state index in [9.17, 15) is 22.8 Å². The molecule has 0 saturated carbocycles. The molecule has 1 aromatic carbocycles. The number of anilines is 1. The number of carbonyl (C=O) groups is 2. The number of halogens is 3. The molecule has 0 aromatic heterocycles. The Labute approximate surface area is 113 Å². The van der Waals surface area contributed by atoms with Crippen molar-refractivity contribution in [3.8, 4) is 0 Å². The lowest BCUT2D eigenvalue weighted by atomic mass is 10.2. The van der Waals surface area contributed by atoms with Crippen molar-refractivity contribution in [2.45, 2.75) is 12.7 Å². The van der Waals surface area contributed by atoms with Crippen LogP contribution in [-0.4, -0.2) is 31.7 Å². The lowest BCUT2D eigenvalue weighted by molar-refractivity contribution is -0.173. The summed E-state index contributed by atoms with van der Waals surface area (Å²) in [7, 11) is 1.38. The maximum absolute atomic E-state index is 12.0. The lowest BCUT2D eigenvalue weighted by Crippen LogP contribution is -2.36. The summed E-state index contributed by atoms with van der Waals surface area (Å²) in [4.78, 5) is 21.8. The maximum atomic E-state index is 12.0. The van der Waals surface area contributed by atoms with Gasteiger partial charge in [-0.05, 0) is 17.7 Å². The van der Waals surface area contributed by atoms with Crippen molar-refractivity contribution in [1.82, 2.24) is 5.32 Å². The van der Waals surface area contributed by atoms with Gasteiger partial charge >= 0.3 is 12.1 Å². The number of methoxy groups -OCH3 is 1. The van der Waals surface area contributed by atoms with Crippen molar-refractivity contribution < 1.29 is 27.5 Å². The van der Waals surface area contributed by atoms with E-state index in [1.807, 2.05) is 0 Å². The predicted molar refractivity (Wildman–Crippen MR) is 64.8 cm³/mol. The van der Waals surface area contributed by atoms with Crippen molar-refractivity contribution >= 4 is 17.5 Å². The molecule has 0 fully saturated rings. The van der Waals surface area contributed by atoms with E-state index in [4.69, 9.17) is 0 Å². The normalized spacial score (nSPS) is 11.0. The number of nitrogens with one attached hydrogen (secondary N) is 2. The Morgan fingerprint density at radius 1 is 1.20 bits per heavy atom. The average molecular weight is 290 g/mol. The van der Waals surface area contributed by atoms with Gasteiger partial charge in [-0.15, -0.1) is 0 Å². The molecule has 1 aromatic rings. The molecule has 5 nitrogen and oxygen atoms in total. The van der Waals surface area contributed by atoms with Crippen LogP contribution in [0.4, 0.5) is 18.9 Å². The minimum absolute atomic E-state index is 0.0939. The highest BCUT2D eigenvalue weighted by Gasteiger charge is 2.38. The molecular weight excluding hydrogens is 277 g/mol. The van der Waals surface area contributed by atoms with Gasteiger partial charge in [0, 0.05) is 19.3 Å². The molecule has 0 radical (unpaired) electrons. The summed E-state index contributed by atoms with van der Waals surface area (Å²) in [6.45, 7) is -0.339. The van der Waals surface area contributed by atoms with Crippen molar-refractivity contribution in [3.05, 3.63) is 29.8 Å². The minimum Gasteiger partial charge on any atom is -0.375 e. The van der Waals surface area contributed by atoms with E-state index in [1.165, 1.54) is 31.4 Å². The summed E-state index contributed by atoms with van der Waals surface area (Å²) < 4.78 is 40.5. The van der Waals surface area contributed by atoms with Crippen LogP contribution in [0.15, 0.2) is 24.3 Å². The molecule has 20 heavy (non-hydrogen) atoms. The summed E-state index contributed by atoms with van der Waals surface area (Å²) in [6.07, 6.45) is -4.89. The van der Waals surface area contributed by atoms with Gasteiger partial charge in [0.25, 0.3) is 0 Å². The Morgan fingerprint density at radius 3 is 2.30 bits per heavy atom. The van der Waals surface area contributed by atoms with Crippen LogP contribution in [0.2, 0.25) is 0 Å². The molecule has 0 bridgehead atoms. The third kappa shape index (κ3) is 5.27. The Kier molecular flexibility index (Phi) is 5.51. The second-order valence-corrected chi connectivity index (χ2v) is 3.86. The van der Waals surface area contributed by atoms with Crippen molar-refractivity contribution in [2.75, 3.05) is 19.0 Å². The monoisotopic (exact) mass is 290 g/mol. The third-order valence-electron chi connectivity index (χ3n) is 2.22. The smallest absolute Gasteiger partial charge is 0.375 e. The third-order valence-corrected chi connectivity index (χ3v) is 2.22. The number of hydrogen-bond donors (Lipinski definition) is 2. The van der Waals surface area contributed by atoms with E-state index in [0.717, 1.165) is 0 Å². The Hall–Kier alpha value is -2.09. The topological polar surface area (TPSA) is 67.4 Å². The first kappa shape index (κ1) is 16.0. The number of benzene rings is 1. The van der Waals surface area contributed by atoms with E-state index in [-0.39, 0.29) is 19.1 Å². The molecule has 0 heterocycles. The van der Waals surface area contributed by atoms with Crippen molar-refractivity contribution in [2.24, 2.45) is 0 Å². The van der Waals surface area contributed by atoms with E-state index in [2.05, 4.69) is 10.1 Å². The molecule has 0 aliphatic heterocycles. The van der Waals surface area contributed by atoms with E-state index in [1.54, 1.807) is 5.32 Å². The zero-order valence-corrected chi connectivity index (χ0v) is 10.6. The summed E-state index contributed by atoms with van der Waals surface area (Å²) in [6, 6.07) is 6.03. The van der Waals surface area contributed by atoms with Gasteiger partial charge in [-0.3, -0.25) is 9.59 Å². The molecule has 0 aliphatic rings. The van der Waals surface area contributed by atoms with Gasteiger partial charge in [0.15, 0.2) is 0 Å². The molecule has 0 saturated heterocycles. The van der Waals surface area contributed by atoms with Crippen LogP contribution in [0, 0.1) is 0 Å². The maximum Gasteiger partial charge on any atom is 0.471 e. The minimum atomic E-state index is -4.89. The van der Waals surface area contributed by atoms with Gasteiger partial charge < -0.3 is 15.4 Å². The van der Waals surface area contributed by atoms with Crippen molar-refractivity contribution in [3.63, 3.8) is 0 Å². The van der Waals surface area contributed by atoms with Crippen LogP contribution in [0.25, 0.3) is 0 Å². The predicted octanol–water partition coefficient (Wildman–Crippen LogP) is 1.45. The largest absolute Gasteiger partial charge is 0.471 e. The highest BCUT2D eigenvalue weighted by molar-refractivity contribution is 5.91. The number of alkyl halides is 3. The quantitative estimate of drug-likeness (QED) is 0.862. The highest BCUT2D eigenvalue weighted by atomic mass is 19.4. The molecule has 0 unspecified atom stereocenters. The number of ether oxygens (including phenoxy) is 1. The van der Waals surface area contributed by atoms with Crippen LogP contribution in [0.5, 0.6) is 0 Å². The molecule has 0 aliphatic carbocycles. The van der Waals surface area contributed by atoms with Crippen LogP contribution >= 0.6 is 0 Å². The lowest BCUT2D eigenvalue weighted by Gasteiger charge is -2.09. The second kappa shape index (κ2) is 6.90. The van der Waals surface area contributed by atoms with E-state index < -0.39 is 12.1 Å². The molecule has 8 heteroatoms. The molecule has 110 valence electrons. The fourth-order valence-electron chi connectivity index (χ4n) is 1.32. The first-order valence-electron chi connectivity index (χ1n) is 5.55. The number of amides is 2. The molecule has 2 amide bonds. The zero-order chi connectivity index (χ0) is 15.2. The molecule has 1 rings (SSSR count). The Balaban J connectivity index is 2.51. The Bertz CT molecular complexity index is 472. The van der Waals surface area contributed by atoms with E-state index >= 15 is 0 Å². The van der Waals surface area contributed by atoms with Gasteiger partial charge in [-0.1, -0.05) is 12.1 Å². The van der Waals surface area contributed by atoms with Crippen LogP contribution in [0.3, 0.4) is 0 Å². The van der Waals surface area contributed by atoms with Crippen LogP contribution in [-0.2, 0) is 20.9 Å². The fourth-order valence-corrected chi connectivity index (χ4v) is 1.32. The van der Waals surface area contributed by atoms with Gasteiger partial charge in [0.2, 0.25) is 5.91 Å². The van der Waals surface area contributed by atoms with Gasteiger partial charge in [-0.25, -0.2) is 0 Å².